The van der Waals surface area contributed by atoms with Crippen LogP contribution in [0.4, 0.5) is 22.3 Å². The average Bonchev–Trinajstić information content (AvgIpc) is 4.02. The smallest absolute Gasteiger partial charge is 0.282 e. The Hall–Kier alpha value is -6.65. The maximum atomic E-state index is 14.6. The number of likely N-dealkylation sites (tertiary alicyclic amines) is 1. The lowest BCUT2D eigenvalue weighted by Gasteiger charge is -2.37. The second-order valence-corrected chi connectivity index (χ2v) is 23.3. The second-order valence-electron chi connectivity index (χ2n) is 21.1. The molecule has 5 heterocycles. The number of anilines is 4. The Kier molecular flexibility index (Phi) is 15.1. The number of nitrogens with one attached hydrogen (secondary N) is 3. The second kappa shape index (κ2) is 21.4. The molecule has 0 aliphatic carbocycles. The maximum absolute atomic E-state index is 14.6. The molecule has 0 bridgehead atoms. The molecule has 4 amide bonds. The van der Waals surface area contributed by atoms with E-state index in [9.17, 15) is 23.4 Å². The molecule has 0 saturated carbocycles. The van der Waals surface area contributed by atoms with E-state index >= 15 is 0 Å². The first-order valence-corrected chi connectivity index (χ1v) is 27.5. The van der Waals surface area contributed by atoms with Gasteiger partial charge < -0.3 is 24.9 Å². The van der Waals surface area contributed by atoms with Crippen LogP contribution in [0.5, 0.6) is 0 Å². The largest absolute Gasteiger partial charge is 0.372 e. The number of carbonyl (C=O) groups is 4. The van der Waals surface area contributed by atoms with Crippen molar-refractivity contribution in [2.45, 2.75) is 110 Å². The summed E-state index contributed by atoms with van der Waals surface area (Å²) >= 11 is 1.43. The summed E-state index contributed by atoms with van der Waals surface area (Å²) in [7, 11) is 0.116. The van der Waals surface area contributed by atoms with Crippen LogP contribution in [0.2, 0.25) is 0 Å². The summed E-state index contributed by atoms with van der Waals surface area (Å²) in [6, 6.07) is 30.6. The zero-order valence-electron chi connectivity index (χ0n) is 43.2. The van der Waals surface area contributed by atoms with Crippen molar-refractivity contribution in [3.63, 3.8) is 0 Å². The normalized spacial score (nSPS) is 17.1. The highest BCUT2D eigenvalue weighted by Crippen LogP contribution is 2.36. The molecule has 73 heavy (non-hydrogen) atoms. The molecule has 9 rings (SSSR count). The Morgan fingerprint density at radius 3 is 2.25 bits per heavy atom. The third kappa shape index (κ3) is 11.0. The van der Waals surface area contributed by atoms with Crippen molar-refractivity contribution in [1.29, 1.82) is 0 Å². The van der Waals surface area contributed by atoms with Crippen molar-refractivity contribution in [1.82, 2.24) is 24.9 Å². The van der Waals surface area contributed by atoms with Gasteiger partial charge in [-0.3, -0.25) is 29.2 Å². The highest BCUT2D eigenvalue weighted by Gasteiger charge is 2.40. The Labute approximate surface area is 435 Å². The quantitative estimate of drug-likeness (QED) is 0.102. The van der Waals surface area contributed by atoms with Crippen molar-refractivity contribution in [2.24, 2.45) is 11.3 Å². The number of thiazole rings is 1. The van der Waals surface area contributed by atoms with Gasteiger partial charge in [-0.1, -0.05) is 68.5 Å². The van der Waals surface area contributed by atoms with Gasteiger partial charge in [-0.15, -0.1) is 0 Å². The first-order valence-electron chi connectivity index (χ1n) is 25.5. The van der Waals surface area contributed by atoms with Crippen LogP contribution in [-0.4, -0.2) is 94.1 Å². The monoisotopic (exact) mass is 1020 g/mol. The highest BCUT2D eigenvalue weighted by atomic mass is 32.2. The van der Waals surface area contributed by atoms with E-state index in [0.717, 1.165) is 63.2 Å². The summed E-state index contributed by atoms with van der Waals surface area (Å²) in [4.78, 5) is 74.3. The molecular weight excluding hydrogens is 955 g/mol. The molecule has 6 aromatic rings. The Morgan fingerprint density at radius 2 is 1.55 bits per heavy atom. The van der Waals surface area contributed by atoms with Gasteiger partial charge in [-0.2, -0.15) is 0 Å². The van der Waals surface area contributed by atoms with E-state index in [2.05, 4.69) is 67.9 Å². The van der Waals surface area contributed by atoms with E-state index in [1.165, 1.54) is 11.3 Å². The van der Waals surface area contributed by atoms with Gasteiger partial charge in [0.05, 0.1) is 15.1 Å². The molecule has 16 heteroatoms. The lowest BCUT2D eigenvalue weighted by molar-refractivity contribution is -0.141. The van der Waals surface area contributed by atoms with Crippen LogP contribution in [0.15, 0.2) is 102 Å². The van der Waals surface area contributed by atoms with Gasteiger partial charge in [0.15, 0.2) is 16.1 Å². The molecule has 3 atom stereocenters. The van der Waals surface area contributed by atoms with Crippen LogP contribution in [-0.2, 0) is 33.5 Å². The predicted molar refractivity (Wildman–Crippen MR) is 294 cm³/mol. The number of benzene rings is 4. The van der Waals surface area contributed by atoms with Crippen molar-refractivity contribution in [2.75, 3.05) is 53.2 Å². The summed E-state index contributed by atoms with van der Waals surface area (Å²) in [6.07, 6.45) is 3.90. The molecule has 2 saturated heterocycles. The first-order chi connectivity index (χ1) is 34.9. The number of amides is 4. The molecule has 2 aromatic heterocycles. The topological polar surface area (TPSA) is 160 Å². The Morgan fingerprint density at radius 1 is 0.808 bits per heavy atom. The lowest BCUT2D eigenvalue weighted by Crippen LogP contribution is -2.57. The van der Waals surface area contributed by atoms with E-state index in [0.29, 0.717) is 72.4 Å². The van der Waals surface area contributed by atoms with Gasteiger partial charge in [0, 0.05) is 80.3 Å². The maximum Gasteiger partial charge on any atom is 0.282 e. The molecular formula is C57H67N9O5S2. The minimum absolute atomic E-state index is 0.00106. The standard InChI is InChI=1S/C57H67N9O5S2/c1-35(2)63(8)47-19-12-16-42(37(47)4)43-25-26-49(65-33-27-38-15-11-17-44(45(38)34-65)53(68)61-56-58-46-18-9-10-20-48(46)72-56)59-50(43)54(69)62-73(71)41-23-21-40(22-24-41)64-31-28-39(29-32-64)52(67)60-51(57(5,6)7)55(70)66-30-13-14-36(66)3/h9-12,15-26,35-36,39,51H,13-14,27-34H2,1-8H3,(H,60,67)(H,62,69)(H,58,61,68). The Balaban J connectivity index is 0.909. The van der Waals surface area contributed by atoms with Crippen molar-refractivity contribution in [3.05, 3.63) is 125 Å². The fourth-order valence-electron chi connectivity index (χ4n) is 10.4. The van der Waals surface area contributed by atoms with E-state index in [1.807, 2.05) is 112 Å². The SMILES string of the molecule is Cc1c(-c2ccc(N3CCc4cccc(C(=O)Nc5nc6ccccc6s5)c4C3)nc2C(=O)NS(=O)c2ccc(N3CCC(C(=O)NC(C(=O)N4CCCC4C)C(C)(C)C)CC3)cc2)cccc1N(C)C(C)C. The van der Waals surface area contributed by atoms with E-state index in [1.54, 1.807) is 12.1 Å². The van der Waals surface area contributed by atoms with Gasteiger partial charge in [0.2, 0.25) is 11.8 Å². The third-order valence-corrected chi connectivity index (χ3v) is 16.9. The fourth-order valence-corrected chi connectivity index (χ4v) is 12.0. The lowest BCUT2D eigenvalue weighted by atomic mass is 9.84. The summed E-state index contributed by atoms with van der Waals surface area (Å²) in [6.45, 7) is 17.4. The van der Waals surface area contributed by atoms with E-state index in [4.69, 9.17) is 4.98 Å². The zero-order chi connectivity index (χ0) is 51.7. The predicted octanol–water partition coefficient (Wildman–Crippen LogP) is 9.54. The fraction of sp³-hybridized carbons (Fsp3) is 0.404. The number of hydrogen-bond donors (Lipinski definition) is 3. The van der Waals surface area contributed by atoms with E-state index in [-0.39, 0.29) is 41.4 Å². The minimum atomic E-state index is -1.93. The number of aromatic nitrogens is 2. The van der Waals surface area contributed by atoms with Crippen LogP contribution < -0.4 is 30.1 Å². The van der Waals surface area contributed by atoms with Crippen LogP contribution in [0.3, 0.4) is 0 Å². The van der Waals surface area contributed by atoms with Crippen molar-refractivity contribution < 1.29 is 23.4 Å². The summed E-state index contributed by atoms with van der Waals surface area (Å²) in [5, 5.41) is 6.71. The number of fused-ring (bicyclic) bond motifs is 2. The average molecular weight is 1020 g/mol. The molecule has 0 spiro atoms. The number of piperidine rings is 1. The van der Waals surface area contributed by atoms with Crippen LogP contribution >= 0.6 is 11.3 Å². The Bertz CT molecular complexity index is 3040. The van der Waals surface area contributed by atoms with Crippen LogP contribution in [0, 0.1) is 18.3 Å². The number of pyridine rings is 1. The summed E-state index contributed by atoms with van der Waals surface area (Å²) < 4.78 is 17.9. The molecule has 3 aliphatic rings. The number of hydrogen-bond acceptors (Lipinski definition) is 11. The molecule has 2 fully saturated rings. The minimum Gasteiger partial charge on any atom is -0.372 e. The van der Waals surface area contributed by atoms with Crippen molar-refractivity contribution >= 4 is 78.5 Å². The number of para-hydroxylation sites is 1. The van der Waals surface area contributed by atoms with Crippen LogP contribution in [0.25, 0.3) is 21.3 Å². The molecule has 4 aromatic carbocycles. The van der Waals surface area contributed by atoms with Crippen molar-refractivity contribution in [3.8, 4) is 11.1 Å². The van der Waals surface area contributed by atoms with Gasteiger partial charge in [-0.05, 0) is 148 Å². The highest BCUT2D eigenvalue weighted by molar-refractivity contribution is 7.83. The van der Waals surface area contributed by atoms with Gasteiger partial charge in [0.25, 0.3) is 11.8 Å². The van der Waals surface area contributed by atoms with Gasteiger partial charge in [-0.25, -0.2) is 14.2 Å². The summed E-state index contributed by atoms with van der Waals surface area (Å²) in [5.41, 5.74) is 7.42. The van der Waals surface area contributed by atoms with Gasteiger partial charge >= 0.3 is 0 Å². The van der Waals surface area contributed by atoms with Gasteiger partial charge in [0.1, 0.15) is 17.6 Å². The van der Waals surface area contributed by atoms with Crippen LogP contribution in [0.1, 0.15) is 105 Å². The molecule has 3 unspecified atom stereocenters. The molecule has 3 aliphatic heterocycles. The number of carbonyl (C=O) groups excluding carboxylic acids is 4. The number of nitrogens with zero attached hydrogens (tertiary/aromatic N) is 6. The third-order valence-electron chi connectivity index (χ3n) is 14.9. The number of rotatable bonds is 13. The molecule has 0 radical (unpaired) electrons. The molecule has 3 N–H and O–H groups in total. The molecule has 382 valence electrons. The zero-order valence-corrected chi connectivity index (χ0v) is 44.8. The summed E-state index contributed by atoms with van der Waals surface area (Å²) in [5.74, 6) is -0.551. The molecule has 14 nitrogen and oxygen atoms in total. The first kappa shape index (κ1) is 51.3. The van der Waals surface area contributed by atoms with E-state index < -0.39 is 28.3 Å².